The van der Waals surface area contributed by atoms with Gasteiger partial charge < -0.3 is 14.6 Å². The second kappa shape index (κ2) is 8.32. The Hall–Kier alpha value is -2.74. The second-order valence-electron chi connectivity index (χ2n) is 6.92. The van der Waals surface area contributed by atoms with Crippen LogP contribution >= 0.6 is 15.9 Å². The number of nitrogens with zero attached hydrogens (tertiary/aromatic N) is 2. The number of amides is 1. The third-order valence-corrected chi connectivity index (χ3v) is 5.29. The first kappa shape index (κ1) is 19.6. The quantitative estimate of drug-likeness (QED) is 0.606. The van der Waals surface area contributed by atoms with Crippen molar-refractivity contribution in [1.29, 1.82) is 0 Å². The number of fused-ring (bicyclic) bond motifs is 1. The lowest BCUT2D eigenvalue weighted by atomic mass is 10.0. The van der Waals surface area contributed by atoms with Crippen molar-refractivity contribution in [3.8, 4) is 17.1 Å². The maximum Gasteiger partial charge on any atom is 0.227 e. The number of ether oxygens (including phenoxy) is 1. The highest BCUT2D eigenvalue weighted by molar-refractivity contribution is 9.10. The molecule has 0 bridgehead atoms. The van der Waals surface area contributed by atoms with E-state index in [0.29, 0.717) is 42.3 Å². The molecule has 1 aliphatic rings. The molecule has 1 aliphatic heterocycles. The zero-order valence-corrected chi connectivity index (χ0v) is 17.3. The monoisotopic (exact) mass is 459 g/mol. The summed E-state index contributed by atoms with van der Waals surface area (Å²) in [7, 11) is 0. The lowest BCUT2D eigenvalue weighted by Crippen LogP contribution is -2.32. The van der Waals surface area contributed by atoms with Gasteiger partial charge >= 0.3 is 0 Å². The fourth-order valence-corrected chi connectivity index (χ4v) is 3.64. The van der Waals surface area contributed by atoms with Crippen molar-refractivity contribution in [3.63, 3.8) is 0 Å². The van der Waals surface area contributed by atoms with Gasteiger partial charge in [0.15, 0.2) is 0 Å². The molecule has 8 heteroatoms. The van der Waals surface area contributed by atoms with Gasteiger partial charge in [-0.3, -0.25) is 4.79 Å². The zero-order valence-electron chi connectivity index (χ0n) is 15.7. The molecule has 0 fully saturated rings. The van der Waals surface area contributed by atoms with Crippen LogP contribution in [0.2, 0.25) is 0 Å². The predicted molar refractivity (Wildman–Crippen MR) is 108 cm³/mol. The van der Waals surface area contributed by atoms with Crippen LogP contribution < -0.4 is 10.1 Å². The number of hydrogen-bond acceptors (Lipinski definition) is 5. The molecule has 0 spiro atoms. The summed E-state index contributed by atoms with van der Waals surface area (Å²) in [5.74, 6) is 1.16. The summed E-state index contributed by atoms with van der Waals surface area (Å²) in [6.45, 7) is 2.24. The van der Waals surface area contributed by atoms with Crippen LogP contribution in [0.4, 0.5) is 4.39 Å². The van der Waals surface area contributed by atoms with Crippen molar-refractivity contribution >= 4 is 21.8 Å². The molecule has 3 aromatic rings. The molecule has 1 aromatic heterocycles. The minimum atomic E-state index is -0.282. The first-order valence-corrected chi connectivity index (χ1v) is 10.1. The summed E-state index contributed by atoms with van der Waals surface area (Å²) in [5.41, 5.74) is 2.15. The molecule has 1 atom stereocenters. The molecule has 1 N–H and O–H groups in total. The first-order chi connectivity index (χ1) is 14.0. The standard InChI is InChI=1S/C21H19BrFN3O3/c1-12-10-13(2-4-16(12)23)21-25-20(29-26-21)7-6-19(27)24-17-8-9-28-18-5-3-14(22)11-15(17)18/h2-5,10-11,17H,6-9H2,1H3,(H,24,27). The Balaban J connectivity index is 1.37. The van der Waals surface area contributed by atoms with Crippen molar-refractivity contribution < 1.29 is 18.4 Å². The Morgan fingerprint density at radius 2 is 2.17 bits per heavy atom. The summed E-state index contributed by atoms with van der Waals surface area (Å²) in [6.07, 6.45) is 1.27. The lowest BCUT2D eigenvalue weighted by molar-refractivity contribution is -0.122. The molecular formula is C21H19BrFN3O3. The largest absolute Gasteiger partial charge is 0.493 e. The van der Waals surface area contributed by atoms with Crippen LogP contribution in [0.25, 0.3) is 11.4 Å². The maximum absolute atomic E-state index is 13.4. The highest BCUT2D eigenvalue weighted by Crippen LogP contribution is 2.34. The number of hydrogen-bond donors (Lipinski definition) is 1. The number of nitrogens with one attached hydrogen (secondary N) is 1. The summed E-state index contributed by atoms with van der Waals surface area (Å²) in [4.78, 5) is 16.8. The van der Waals surface area contributed by atoms with Gasteiger partial charge in [-0.05, 0) is 48.9 Å². The number of carbonyl (C=O) groups excluding carboxylic acids is 1. The Morgan fingerprint density at radius 1 is 1.31 bits per heavy atom. The Bertz CT molecular complexity index is 1050. The van der Waals surface area contributed by atoms with E-state index in [1.54, 1.807) is 19.1 Å². The minimum absolute atomic E-state index is 0.0933. The molecule has 0 radical (unpaired) electrons. The molecule has 0 saturated heterocycles. The molecule has 1 amide bonds. The van der Waals surface area contributed by atoms with Gasteiger partial charge in [-0.2, -0.15) is 4.98 Å². The number of aryl methyl sites for hydroxylation is 2. The average Bonchev–Trinajstić information content (AvgIpc) is 3.18. The van der Waals surface area contributed by atoms with Gasteiger partial charge in [0, 0.05) is 34.9 Å². The molecule has 4 rings (SSSR count). The summed E-state index contributed by atoms with van der Waals surface area (Å²) >= 11 is 3.46. The smallest absolute Gasteiger partial charge is 0.227 e. The molecule has 2 aromatic carbocycles. The second-order valence-corrected chi connectivity index (χ2v) is 7.83. The molecule has 6 nitrogen and oxygen atoms in total. The Kier molecular flexibility index (Phi) is 5.62. The van der Waals surface area contributed by atoms with E-state index in [0.717, 1.165) is 15.8 Å². The summed E-state index contributed by atoms with van der Waals surface area (Å²) < 4.78 is 25.2. The van der Waals surface area contributed by atoms with Gasteiger partial charge in [0.05, 0.1) is 12.6 Å². The Morgan fingerprint density at radius 3 is 3.00 bits per heavy atom. The molecule has 29 heavy (non-hydrogen) atoms. The van der Waals surface area contributed by atoms with Crippen LogP contribution in [0.3, 0.4) is 0 Å². The van der Waals surface area contributed by atoms with Crippen molar-refractivity contribution in [2.75, 3.05) is 6.61 Å². The van der Waals surface area contributed by atoms with Crippen molar-refractivity contribution in [3.05, 3.63) is 63.7 Å². The van der Waals surface area contributed by atoms with Crippen molar-refractivity contribution in [1.82, 2.24) is 15.5 Å². The van der Waals surface area contributed by atoms with Crippen LogP contribution in [0.1, 0.15) is 35.9 Å². The summed E-state index contributed by atoms with van der Waals surface area (Å²) in [6, 6.07) is 10.3. The van der Waals surface area contributed by atoms with Crippen LogP contribution in [-0.4, -0.2) is 22.7 Å². The average molecular weight is 460 g/mol. The van der Waals surface area contributed by atoms with E-state index < -0.39 is 0 Å². The highest BCUT2D eigenvalue weighted by atomic mass is 79.9. The first-order valence-electron chi connectivity index (χ1n) is 9.30. The molecule has 2 heterocycles. The van der Waals surface area contributed by atoms with E-state index in [4.69, 9.17) is 9.26 Å². The third kappa shape index (κ3) is 4.48. The normalized spacial score (nSPS) is 15.5. The van der Waals surface area contributed by atoms with Crippen LogP contribution in [0.5, 0.6) is 5.75 Å². The van der Waals surface area contributed by atoms with E-state index in [9.17, 15) is 9.18 Å². The fourth-order valence-electron chi connectivity index (χ4n) is 3.26. The number of benzene rings is 2. The Labute approximate surface area is 175 Å². The highest BCUT2D eigenvalue weighted by Gasteiger charge is 2.23. The fraction of sp³-hybridized carbons (Fsp3) is 0.286. The number of aromatic nitrogens is 2. The maximum atomic E-state index is 13.4. The van der Waals surface area contributed by atoms with E-state index in [2.05, 4.69) is 31.4 Å². The van der Waals surface area contributed by atoms with Gasteiger partial charge in [0.1, 0.15) is 11.6 Å². The van der Waals surface area contributed by atoms with E-state index in [-0.39, 0.29) is 24.2 Å². The topological polar surface area (TPSA) is 77.2 Å². The van der Waals surface area contributed by atoms with Gasteiger partial charge in [-0.25, -0.2) is 4.39 Å². The van der Waals surface area contributed by atoms with Gasteiger partial charge in [0.2, 0.25) is 17.6 Å². The van der Waals surface area contributed by atoms with Gasteiger partial charge in [-0.15, -0.1) is 0 Å². The van der Waals surface area contributed by atoms with Gasteiger partial charge in [-0.1, -0.05) is 21.1 Å². The molecule has 1 unspecified atom stereocenters. The zero-order chi connectivity index (χ0) is 20.4. The SMILES string of the molecule is Cc1cc(-c2noc(CCC(=O)NC3CCOc4ccc(Br)cc43)n2)ccc1F. The van der Waals surface area contributed by atoms with Crippen molar-refractivity contribution in [2.24, 2.45) is 0 Å². The molecule has 0 aliphatic carbocycles. The summed E-state index contributed by atoms with van der Waals surface area (Å²) in [5, 5.41) is 6.98. The number of carbonyl (C=O) groups is 1. The minimum Gasteiger partial charge on any atom is -0.493 e. The van der Waals surface area contributed by atoms with Crippen molar-refractivity contribution in [2.45, 2.75) is 32.2 Å². The lowest BCUT2D eigenvalue weighted by Gasteiger charge is -2.26. The van der Waals surface area contributed by atoms with E-state index in [1.807, 2.05) is 18.2 Å². The predicted octanol–water partition coefficient (Wildman–Crippen LogP) is 4.52. The van der Waals surface area contributed by atoms with Crippen LogP contribution in [0, 0.1) is 12.7 Å². The van der Waals surface area contributed by atoms with E-state index in [1.165, 1.54) is 6.07 Å². The molecular weight excluding hydrogens is 441 g/mol. The van der Waals surface area contributed by atoms with E-state index >= 15 is 0 Å². The number of halogens is 2. The third-order valence-electron chi connectivity index (χ3n) is 4.80. The number of rotatable bonds is 5. The van der Waals surface area contributed by atoms with Gasteiger partial charge in [0.25, 0.3) is 0 Å². The van der Waals surface area contributed by atoms with Crippen LogP contribution in [-0.2, 0) is 11.2 Å². The molecule has 0 saturated carbocycles. The molecule has 150 valence electrons. The van der Waals surface area contributed by atoms with Crippen LogP contribution in [0.15, 0.2) is 45.4 Å².